The van der Waals surface area contributed by atoms with Crippen molar-refractivity contribution in [3.05, 3.63) is 58.6 Å². The zero-order chi connectivity index (χ0) is 16.2. The highest BCUT2D eigenvalue weighted by atomic mass is 35.5. The summed E-state index contributed by atoms with van der Waals surface area (Å²) in [5.41, 5.74) is -0.251. The number of hydrogen-bond donors (Lipinski definition) is 0. The minimum atomic E-state index is -3.37. The standard InChI is InChI=1S/C16H17Cl2O3P/c1-3-12(2)22(19,20-15-8-4-13(17)5-9-15)21-16-10-6-14(18)7-11-16/h4-12H,3H2,1-2H3. The Morgan fingerprint density at radius 3 is 1.59 bits per heavy atom. The molecule has 2 aromatic carbocycles. The molecule has 0 spiro atoms. The van der Waals surface area contributed by atoms with E-state index < -0.39 is 7.60 Å². The maximum Gasteiger partial charge on any atom is 0.433 e. The van der Waals surface area contributed by atoms with Crippen LogP contribution in [0.15, 0.2) is 48.5 Å². The molecular formula is C16H17Cl2O3P. The summed E-state index contributed by atoms with van der Waals surface area (Å²) in [4.78, 5) is 0. The van der Waals surface area contributed by atoms with Gasteiger partial charge in [-0.3, -0.25) is 0 Å². The van der Waals surface area contributed by atoms with Gasteiger partial charge in [0.15, 0.2) is 0 Å². The molecule has 0 N–H and O–H groups in total. The molecule has 2 rings (SSSR count). The van der Waals surface area contributed by atoms with E-state index in [1.54, 1.807) is 48.5 Å². The Kier molecular flexibility index (Phi) is 5.80. The van der Waals surface area contributed by atoms with Gasteiger partial charge >= 0.3 is 7.60 Å². The molecule has 0 aliphatic rings. The van der Waals surface area contributed by atoms with Crippen LogP contribution in [0.3, 0.4) is 0 Å². The first kappa shape index (κ1) is 17.2. The van der Waals surface area contributed by atoms with Crippen molar-refractivity contribution in [2.24, 2.45) is 0 Å². The minimum Gasteiger partial charge on any atom is -0.416 e. The largest absolute Gasteiger partial charge is 0.433 e. The molecule has 6 heteroatoms. The van der Waals surface area contributed by atoms with E-state index in [1.807, 2.05) is 13.8 Å². The van der Waals surface area contributed by atoms with Crippen LogP contribution in [0.4, 0.5) is 0 Å². The van der Waals surface area contributed by atoms with Gasteiger partial charge in [-0.15, -0.1) is 0 Å². The van der Waals surface area contributed by atoms with Gasteiger partial charge in [-0.05, 0) is 61.9 Å². The first-order valence-corrected chi connectivity index (χ1v) is 9.30. The van der Waals surface area contributed by atoms with Crippen LogP contribution in [0.1, 0.15) is 20.3 Å². The quantitative estimate of drug-likeness (QED) is 0.557. The Hall–Kier alpha value is -1.15. The molecule has 1 unspecified atom stereocenters. The van der Waals surface area contributed by atoms with Crippen molar-refractivity contribution in [3.8, 4) is 11.5 Å². The Balaban J connectivity index is 2.25. The lowest BCUT2D eigenvalue weighted by atomic mass is 10.3. The summed E-state index contributed by atoms with van der Waals surface area (Å²) in [6, 6.07) is 13.4. The van der Waals surface area contributed by atoms with Crippen LogP contribution >= 0.6 is 30.8 Å². The highest BCUT2D eigenvalue weighted by Crippen LogP contribution is 2.53. The molecule has 3 nitrogen and oxygen atoms in total. The summed E-state index contributed by atoms with van der Waals surface area (Å²) in [6.45, 7) is 3.78. The Morgan fingerprint density at radius 1 is 0.909 bits per heavy atom. The maximum atomic E-state index is 13.1. The molecule has 0 amide bonds. The number of rotatable bonds is 6. The fourth-order valence-corrected chi connectivity index (χ4v) is 3.63. The van der Waals surface area contributed by atoms with E-state index in [0.717, 1.165) is 0 Å². The average molecular weight is 359 g/mol. The van der Waals surface area contributed by atoms with E-state index in [2.05, 4.69) is 0 Å². The normalized spacial score (nSPS) is 12.7. The summed E-state index contributed by atoms with van der Waals surface area (Å²) in [7, 11) is -3.37. The van der Waals surface area contributed by atoms with Crippen LogP contribution in [-0.2, 0) is 4.57 Å². The number of benzene rings is 2. The van der Waals surface area contributed by atoms with E-state index in [1.165, 1.54) is 0 Å². The third-order valence-electron chi connectivity index (χ3n) is 3.22. The molecule has 0 saturated heterocycles. The molecule has 22 heavy (non-hydrogen) atoms. The van der Waals surface area contributed by atoms with Crippen molar-refractivity contribution in [1.82, 2.24) is 0 Å². The zero-order valence-electron chi connectivity index (χ0n) is 12.3. The predicted octanol–water partition coefficient (Wildman–Crippen LogP) is 6.44. The van der Waals surface area contributed by atoms with Crippen LogP contribution in [0.25, 0.3) is 0 Å². The second-order valence-electron chi connectivity index (χ2n) is 4.89. The summed E-state index contributed by atoms with van der Waals surface area (Å²) in [5, 5.41) is 1.17. The molecule has 0 heterocycles. The highest BCUT2D eigenvalue weighted by Gasteiger charge is 2.34. The third kappa shape index (κ3) is 4.42. The highest BCUT2D eigenvalue weighted by molar-refractivity contribution is 7.55. The molecule has 0 aromatic heterocycles. The van der Waals surface area contributed by atoms with E-state index in [0.29, 0.717) is 28.0 Å². The summed E-state index contributed by atoms with van der Waals surface area (Å²) in [6.07, 6.45) is 0.665. The molecule has 0 aliphatic heterocycles. The number of halogens is 2. The Bertz CT molecular complexity index is 605. The van der Waals surface area contributed by atoms with Crippen molar-refractivity contribution in [2.75, 3.05) is 0 Å². The molecule has 0 aliphatic carbocycles. The first-order chi connectivity index (χ1) is 10.4. The molecule has 0 radical (unpaired) electrons. The van der Waals surface area contributed by atoms with Gasteiger partial charge in [0.05, 0.1) is 5.66 Å². The molecule has 0 fully saturated rings. The lowest BCUT2D eigenvalue weighted by Crippen LogP contribution is -2.13. The third-order valence-corrected chi connectivity index (χ3v) is 6.10. The van der Waals surface area contributed by atoms with Crippen molar-refractivity contribution in [2.45, 2.75) is 25.9 Å². The summed E-state index contributed by atoms with van der Waals surface area (Å²) >= 11 is 11.7. The van der Waals surface area contributed by atoms with Gasteiger partial charge in [0, 0.05) is 10.0 Å². The van der Waals surface area contributed by atoms with Crippen LogP contribution in [0.2, 0.25) is 10.0 Å². The van der Waals surface area contributed by atoms with Gasteiger partial charge in [-0.25, -0.2) is 4.57 Å². The second-order valence-corrected chi connectivity index (χ2v) is 8.09. The molecular weight excluding hydrogens is 342 g/mol. The number of hydrogen-bond acceptors (Lipinski definition) is 3. The van der Waals surface area contributed by atoms with Gasteiger partial charge in [-0.1, -0.05) is 30.1 Å². The van der Waals surface area contributed by atoms with Crippen molar-refractivity contribution in [1.29, 1.82) is 0 Å². The summed E-state index contributed by atoms with van der Waals surface area (Å²) in [5.74, 6) is 0.920. The van der Waals surface area contributed by atoms with E-state index in [9.17, 15) is 4.57 Å². The second kappa shape index (κ2) is 7.41. The average Bonchev–Trinajstić information content (AvgIpc) is 2.51. The minimum absolute atomic E-state index is 0.251. The summed E-state index contributed by atoms with van der Waals surface area (Å²) < 4.78 is 24.5. The maximum absolute atomic E-state index is 13.1. The smallest absolute Gasteiger partial charge is 0.416 e. The van der Waals surface area contributed by atoms with Crippen molar-refractivity contribution in [3.63, 3.8) is 0 Å². The zero-order valence-corrected chi connectivity index (χ0v) is 14.7. The molecule has 1 atom stereocenters. The first-order valence-electron chi connectivity index (χ1n) is 6.93. The SMILES string of the molecule is CCC(C)P(=O)(Oc1ccc(Cl)cc1)Oc1ccc(Cl)cc1. The predicted molar refractivity (Wildman–Crippen MR) is 91.5 cm³/mol. The van der Waals surface area contributed by atoms with E-state index in [-0.39, 0.29) is 5.66 Å². The van der Waals surface area contributed by atoms with Gasteiger partial charge in [-0.2, -0.15) is 0 Å². The fraction of sp³-hybridized carbons (Fsp3) is 0.250. The monoisotopic (exact) mass is 358 g/mol. The molecule has 118 valence electrons. The van der Waals surface area contributed by atoms with Crippen LogP contribution in [-0.4, -0.2) is 5.66 Å². The molecule has 2 aromatic rings. The van der Waals surface area contributed by atoms with Crippen LogP contribution in [0, 0.1) is 0 Å². The van der Waals surface area contributed by atoms with Crippen LogP contribution in [0.5, 0.6) is 11.5 Å². The van der Waals surface area contributed by atoms with Crippen molar-refractivity contribution >= 4 is 30.8 Å². The molecule has 0 saturated carbocycles. The van der Waals surface area contributed by atoms with E-state index in [4.69, 9.17) is 32.2 Å². The lowest BCUT2D eigenvalue weighted by Gasteiger charge is -2.24. The van der Waals surface area contributed by atoms with E-state index >= 15 is 0 Å². The van der Waals surface area contributed by atoms with Gasteiger partial charge < -0.3 is 9.05 Å². The Labute approximate surface area is 140 Å². The van der Waals surface area contributed by atoms with Crippen LogP contribution < -0.4 is 9.05 Å². The fourth-order valence-electron chi connectivity index (χ4n) is 1.71. The van der Waals surface area contributed by atoms with Gasteiger partial charge in [0.2, 0.25) is 0 Å². The van der Waals surface area contributed by atoms with Gasteiger partial charge in [0.25, 0.3) is 0 Å². The Morgan fingerprint density at radius 2 is 1.27 bits per heavy atom. The van der Waals surface area contributed by atoms with Crippen molar-refractivity contribution < 1.29 is 13.6 Å². The lowest BCUT2D eigenvalue weighted by molar-refractivity contribution is 0.372. The topological polar surface area (TPSA) is 35.5 Å². The van der Waals surface area contributed by atoms with Gasteiger partial charge in [0.1, 0.15) is 11.5 Å². The molecule has 0 bridgehead atoms.